The van der Waals surface area contributed by atoms with Gasteiger partial charge in [-0.3, -0.25) is 9.69 Å². The van der Waals surface area contributed by atoms with Gasteiger partial charge < -0.3 is 19.9 Å². The average molecular weight is 531 g/mol. The smallest absolute Gasteiger partial charge is 0.243 e. The molecule has 0 bridgehead atoms. The second kappa shape index (κ2) is 10.9. The maximum absolute atomic E-state index is 12.3. The minimum Gasteiger partial charge on any atom is -0.379 e. The number of nitrogens with zero attached hydrogens (tertiary/aromatic N) is 4. The van der Waals surface area contributed by atoms with Crippen LogP contribution < -0.4 is 5.32 Å². The summed E-state index contributed by atoms with van der Waals surface area (Å²) in [4.78, 5) is 22.2. The third-order valence-corrected chi connectivity index (χ3v) is 7.55. The predicted octanol–water partition coefficient (Wildman–Crippen LogP) is -0.521. The van der Waals surface area contributed by atoms with Gasteiger partial charge >= 0.3 is 0 Å². The number of guanidine groups is 1. The molecule has 1 amide bonds. The molecule has 0 saturated carbocycles. The monoisotopic (exact) mass is 531 g/mol. The van der Waals surface area contributed by atoms with Gasteiger partial charge in [0.2, 0.25) is 5.91 Å². The van der Waals surface area contributed by atoms with Crippen LogP contribution in [-0.4, -0.2) is 119 Å². The Hall–Kier alpha value is -0.660. The van der Waals surface area contributed by atoms with E-state index in [2.05, 4.69) is 15.2 Å². The molecule has 164 valence electrons. The molecule has 0 aromatic heterocycles. The highest BCUT2D eigenvalue weighted by Crippen LogP contribution is 2.23. The third kappa shape index (κ3) is 6.99. The number of hydrogen-bond acceptors (Lipinski definition) is 6. The van der Waals surface area contributed by atoms with Gasteiger partial charge in [0, 0.05) is 53.4 Å². The average Bonchev–Trinajstić information content (AvgIpc) is 2.61. The normalized spacial score (nSPS) is 22.3. The van der Waals surface area contributed by atoms with Crippen molar-refractivity contribution >= 4 is 45.7 Å². The number of nitrogens with one attached hydrogen (secondary N) is 1. The number of morpholine rings is 1. The Bertz CT molecular complexity index is 648. The van der Waals surface area contributed by atoms with Gasteiger partial charge in [-0.2, -0.15) is 0 Å². The summed E-state index contributed by atoms with van der Waals surface area (Å²) in [5.41, 5.74) is 0. The van der Waals surface area contributed by atoms with Gasteiger partial charge in [0.1, 0.15) is 6.54 Å². The van der Waals surface area contributed by atoms with Crippen LogP contribution in [0, 0.1) is 0 Å². The first-order chi connectivity index (χ1) is 12.6. The summed E-state index contributed by atoms with van der Waals surface area (Å²) in [5, 5.41) is 3.32. The van der Waals surface area contributed by atoms with E-state index in [9.17, 15) is 13.2 Å². The first-order valence-corrected chi connectivity index (χ1v) is 11.0. The Morgan fingerprint density at radius 2 is 1.86 bits per heavy atom. The third-order valence-electron chi connectivity index (χ3n) is 5.02. The van der Waals surface area contributed by atoms with Crippen LogP contribution in [0.15, 0.2) is 4.99 Å². The molecule has 2 rings (SSSR count). The topological polar surface area (TPSA) is 94.6 Å². The van der Waals surface area contributed by atoms with Crippen molar-refractivity contribution in [1.82, 2.24) is 20.0 Å². The van der Waals surface area contributed by atoms with E-state index in [1.54, 1.807) is 27.9 Å². The zero-order valence-corrected chi connectivity index (χ0v) is 20.5. The van der Waals surface area contributed by atoms with Crippen LogP contribution in [0.5, 0.6) is 0 Å². The fraction of sp³-hybridized carbons (Fsp3) is 0.882. The summed E-state index contributed by atoms with van der Waals surface area (Å²) in [6.07, 6.45) is 0. The maximum atomic E-state index is 12.3. The summed E-state index contributed by atoms with van der Waals surface area (Å²) in [5.74, 6) is 0.596. The largest absolute Gasteiger partial charge is 0.379 e. The fourth-order valence-electron chi connectivity index (χ4n) is 3.03. The van der Waals surface area contributed by atoms with Crippen molar-refractivity contribution < 1.29 is 17.9 Å². The van der Waals surface area contributed by atoms with E-state index in [0.717, 1.165) is 32.8 Å². The molecule has 28 heavy (non-hydrogen) atoms. The lowest BCUT2D eigenvalue weighted by atomic mass is 10.2. The molecule has 0 aliphatic carbocycles. The maximum Gasteiger partial charge on any atom is 0.243 e. The lowest BCUT2D eigenvalue weighted by molar-refractivity contribution is -0.127. The van der Waals surface area contributed by atoms with E-state index >= 15 is 0 Å². The van der Waals surface area contributed by atoms with Crippen LogP contribution in [0.3, 0.4) is 0 Å². The number of sulfone groups is 1. The number of carbonyl (C=O) groups excluding carboxylic acids is 1. The zero-order chi connectivity index (χ0) is 20.1. The molecule has 0 radical (unpaired) electrons. The van der Waals surface area contributed by atoms with Crippen LogP contribution in [0.4, 0.5) is 0 Å². The van der Waals surface area contributed by atoms with Crippen LogP contribution in [0.25, 0.3) is 0 Å². The minimum absolute atomic E-state index is 0. The molecule has 0 aromatic rings. The Morgan fingerprint density at radius 1 is 1.21 bits per heavy atom. The number of likely N-dealkylation sites (N-methyl/N-ethyl adjacent to an activating group) is 1. The number of rotatable bonds is 5. The SMILES string of the molecule is CN(C)C(=O)CN=C(NCCN1CCOCC1)N1CCS(=O)(=O)C(C)(C)C1.I. The first kappa shape index (κ1) is 25.4. The Morgan fingerprint density at radius 3 is 2.43 bits per heavy atom. The van der Waals surface area contributed by atoms with E-state index in [1.807, 2.05) is 4.90 Å². The molecule has 0 atom stereocenters. The Kier molecular flexibility index (Phi) is 9.90. The molecule has 0 unspecified atom stereocenters. The second-order valence-electron chi connectivity index (χ2n) is 7.81. The number of hydrogen-bond donors (Lipinski definition) is 1. The summed E-state index contributed by atoms with van der Waals surface area (Å²) >= 11 is 0. The lowest BCUT2D eigenvalue weighted by Gasteiger charge is -2.39. The molecule has 1 N–H and O–H groups in total. The minimum atomic E-state index is -3.13. The number of carbonyl (C=O) groups is 1. The molecule has 2 saturated heterocycles. The molecule has 2 aliphatic rings. The molecule has 9 nitrogen and oxygen atoms in total. The van der Waals surface area contributed by atoms with Gasteiger partial charge in [0.05, 0.1) is 23.7 Å². The van der Waals surface area contributed by atoms with Crippen LogP contribution in [-0.2, 0) is 19.4 Å². The van der Waals surface area contributed by atoms with Crippen molar-refractivity contribution in [1.29, 1.82) is 0 Å². The van der Waals surface area contributed by atoms with Crippen molar-refractivity contribution in [3.63, 3.8) is 0 Å². The molecular weight excluding hydrogens is 497 g/mol. The summed E-state index contributed by atoms with van der Waals surface area (Å²) in [6, 6.07) is 0. The summed E-state index contributed by atoms with van der Waals surface area (Å²) < 4.78 is 29.1. The lowest BCUT2D eigenvalue weighted by Crippen LogP contribution is -2.58. The van der Waals surface area contributed by atoms with E-state index < -0.39 is 14.6 Å². The zero-order valence-electron chi connectivity index (χ0n) is 17.3. The Balaban J connectivity index is 0.00000392. The summed E-state index contributed by atoms with van der Waals surface area (Å²) in [6.45, 7) is 9.09. The van der Waals surface area contributed by atoms with E-state index in [0.29, 0.717) is 25.6 Å². The number of amides is 1. The molecule has 2 heterocycles. The van der Waals surface area contributed by atoms with E-state index in [-0.39, 0.29) is 42.2 Å². The number of ether oxygens (including phenoxy) is 1. The van der Waals surface area contributed by atoms with Gasteiger partial charge in [-0.1, -0.05) is 0 Å². The van der Waals surface area contributed by atoms with E-state index in [1.165, 1.54) is 4.90 Å². The molecule has 0 aromatic carbocycles. The molecule has 2 fully saturated rings. The molecule has 2 aliphatic heterocycles. The standard InChI is InChI=1S/C17H33N5O4S.HI/c1-17(2)14-22(9-12-27(17,24)25)16(19-13-15(23)20(3)4)18-5-6-21-7-10-26-11-8-21;/h5-14H2,1-4H3,(H,18,19);1H. The quantitative estimate of drug-likeness (QED) is 0.290. The highest BCUT2D eigenvalue weighted by Gasteiger charge is 2.41. The number of halogens is 1. The molecule has 0 spiro atoms. The number of aliphatic imine (C=N–C) groups is 1. The van der Waals surface area contributed by atoms with Crippen molar-refractivity contribution in [3.8, 4) is 0 Å². The van der Waals surface area contributed by atoms with Gasteiger partial charge in [-0.15, -0.1) is 24.0 Å². The van der Waals surface area contributed by atoms with Gasteiger partial charge in [-0.25, -0.2) is 13.4 Å². The van der Waals surface area contributed by atoms with Crippen molar-refractivity contribution in [3.05, 3.63) is 0 Å². The van der Waals surface area contributed by atoms with Crippen molar-refractivity contribution in [2.75, 3.05) is 78.9 Å². The van der Waals surface area contributed by atoms with Crippen molar-refractivity contribution in [2.24, 2.45) is 4.99 Å². The first-order valence-electron chi connectivity index (χ1n) is 9.38. The van der Waals surface area contributed by atoms with Gasteiger partial charge in [0.25, 0.3) is 0 Å². The molecule has 11 heteroatoms. The van der Waals surface area contributed by atoms with Crippen LogP contribution in [0.1, 0.15) is 13.8 Å². The van der Waals surface area contributed by atoms with Crippen LogP contribution in [0.2, 0.25) is 0 Å². The van der Waals surface area contributed by atoms with Crippen LogP contribution >= 0.6 is 24.0 Å². The van der Waals surface area contributed by atoms with Gasteiger partial charge in [0.15, 0.2) is 15.8 Å². The predicted molar refractivity (Wildman–Crippen MR) is 121 cm³/mol. The second-order valence-corrected chi connectivity index (χ2v) is 10.6. The fourth-order valence-corrected chi connectivity index (χ4v) is 4.39. The van der Waals surface area contributed by atoms with Gasteiger partial charge in [-0.05, 0) is 13.8 Å². The van der Waals surface area contributed by atoms with E-state index in [4.69, 9.17) is 4.74 Å². The summed E-state index contributed by atoms with van der Waals surface area (Å²) in [7, 11) is 0.257. The van der Waals surface area contributed by atoms with Crippen molar-refractivity contribution in [2.45, 2.75) is 18.6 Å². The highest BCUT2D eigenvalue weighted by molar-refractivity contribution is 14.0. The Labute approximate surface area is 185 Å². The highest BCUT2D eigenvalue weighted by atomic mass is 127. The molecular formula is C17H34IN5O4S.